The summed E-state index contributed by atoms with van der Waals surface area (Å²) in [5, 5.41) is 9.93. The number of rotatable bonds is 6. The molecule has 0 fully saturated rings. The Morgan fingerprint density at radius 3 is 2.76 bits per heavy atom. The number of nitrogens with one attached hydrogen (secondary N) is 1. The normalized spacial score (nSPS) is 12.3. The minimum absolute atomic E-state index is 0.134. The van der Waals surface area contributed by atoms with E-state index in [0.29, 0.717) is 17.3 Å². The number of likely N-dealkylation sites (N-methyl/N-ethyl adjacent to an activating group) is 1. The Balaban J connectivity index is 1.69. The molecule has 2 aromatic heterocycles. The highest BCUT2D eigenvalue weighted by molar-refractivity contribution is 7.10. The molecule has 2 heterocycles. The van der Waals surface area contributed by atoms with Gasteiger partial charge in [0.1, 0.15) is 0 Å². The van der Waals surface area contributed by atoms with Gasteiger partial charge in [-0.15, -0.1) is 11.3 Å². The third-order valence-corrected chi connectivity index (χ3v) is 5.17. The molecule has 1 amide bonds. The molecule has 0 aliphatic carbocycles. The van der Waals surface area contributed by atoms with Crippen LogP contribution < -0.4 is 5.32 Å². The minimum atomic E-state index is -0.200. The number of hydrogen-bond acceptors (Lipinski definition) is 4. The van der Waals surface area contributed by atoms with Crippen molar-refractivity contribution >= 4 is 28.8 Å². The second-order valence-corrected chi connectivity index (χ2v) is 7.19. The maximum Gasteiger partial charge on any atom is 0.271 e. The summed E-state index contributed by atoms with van der Waals surface area (Å²) in [5.74, 6) is -0.200. The van der Waals surface area contributed by atoms with Gasteiger partial charge in [-0.1, -0.05) is 29.8 Å². The van der Waals surface area contributed by atoms with Gasteiger partial charge in [0.15, 0.2) is 5.69 Å². The lowest BCUT2D eigenvalue weighted by Gasteiger charge is -2.23. The average Bonchev–Trinajstić information content (AvgIpc) is 3.27. The summed E-state index contributed by atoms with van der Waals surface area (Å²) in [4.78, 5) is 15.7. The van der Waals surface area contributed by atoms with Crippen molar-refractivity contribution in [3.05, 3.63) is 69.6 Å². The Kier molecular flexibility index (Phi) is 5.53. The summed E-state index contributed by atoms with van der Waals surface area (Å²) in [7, 11) is 4.01. The molecule has 1 N–H and O–H groups in total. The Morgan fingerprint density at radius 1 is 1.28 bits per heavy atom. The van der Waals surface area contributed by atoms with E-state index in [9.17, 15) is 4.79 Å². The molecule has 1 unspecified atom stereocenters. The first-order valence-corrected chi connectivity index (χ1v) is 9.10. The first-order chi connectivity index (χ1) is 12.1. The monoisotopic (exact) mass is 374 g/mol. The molecule has 0 bridgehead atoms. The van der Waals surface area contributed by atoms with E-state index in [1.54, 1.807) is 34.3 Å². The van der Waals surface area contributed by atoms with Crippen LogP contribution >= 0.6 is 22.9 Å². The van der Waals surface area contributed by atoms with Gasteiger partial charge in [-0.2, -0.15) is 5.10 Å². The number of benzene rings is 1. The van der Waals surface area contributed by atoms with Gasteiger partial charge in [0.25, 0.3) is 5.91 Å². The molecule has 0 saturated carbocycles. The zero-order valence-corrected chi connectivity index (χ0v) is 15.6. The van der Waals surface area contributed by atoms with Gasteiger partial charge in [0.05, 0.1) is 16.8 Å². The van der Waals surface area contributed by atoms with Crippen LogP contribution in [-0.2, 0) is 0 Å². The van der Waals surface area contributed by atoms with Gasteiger partial charge < -0.3 is 10.2 Å². The molecule has 5 nitrogen and oxygen atoms in total. The van der Waals surface area contributed by atoms with E-state index >= 15 is 0 Å². The molecule has 0 aliphatic rings. The highest BCUT2D eigenvalue weighted by atomic mass is 35.5. The van der Waals surface area contributed by atoms with Crippen LogP contribution in [-0.4, -0.2) is 41.2 Å². The Labute approximate surface area is 155 Å². The Morgan fingerprint density at radius 2 is 2.08 bits per heavy atom. The van der Waals surface area contributed by atoms with E-state index in [1.807, 2.05) is 43.7 Å². The minimum Gasteiger partial charge on any atom is -0.349 e. The van der Waals surface area contributed by atoms with Crippen molar-refractivity contribution < 1.29 is 4.79 Å². The number of thiophene rings is 1. The topological polar surface area (TPSA) is 50.2 Å². The molecule has 130 valence electrons. The molecule has 0 spiro atoms. The van der Waals surface area contributed by atoms with Gasteiger partial charge in [-0.05, 0) is 43.7 Å². The number of para-hydroxylation sites is 1. The summed E-state index contributed by atoms with van der Waals surface area (Å²) < 4.78 is 1.61. The van der Waals surface area contributed by atoms with E-state index < -0.39 is 0 Å². The van der Waals surface area contributed by atoms with Crippen LogP contribution in [0.3, 0.4) is 0 Å². The number of carbonyl (C=O) groups is 1. The lowest BCUT2D eigenvalue weighted by atomic mass is 10.2. The molecular formula is C18H19ClN4OS. The molecule has 1 aromatic carbocycles. The molecule has 25 heavy (non-hydrogen) atoms. The van der Waals surface area contributed by atoms with Crippen molar-refractivity contribution in [2.45, 2.75) is 6.04 Å². The number of nitrogens with zero attached hydrogens (tertiary/aromatic N) is 3. The van der Waals surface area contributed by atoms with Crippen molar-refractivity contribution in [1.29, 1.82) is 0 Å². The van der Waals surface area contributed by atoms with Crippen LogP contribution in [0.25, 0.3) is 5.69 Å². The maximum absolute atomic E-state index is 12.4. The van der Waals surface area contributed by atoms with Crippen LogP contribution in [0, 0.1) is 0 Å². The fourth-order valence-corrected chi connectivity index (χ4v) is 3.66. The van der Waals surface area contributed by atoms with Crippen LogP contribution in [0.5, 0.6) is 0 Å². The standard InChI is InChI=1S/C18H19ClN4OS/c1-22(2)16(17-8-5-11-25-17)12-20-18(24)14-9-10-23(21-14)15-7-4-3-6-13(15)19/h3-11,16H,12H2,1-2H3,(H,20,24). The van der Waals surface area contributed by atoms with Gasteiger partial charge in [0.2, 0.25) is 0 Å². The first-order valence-electron chi connectivity index (χ1n) is 7.85. The second kappa shape index (κ2) is 7.82. The molecule has 0 aliphatic heterocycles. The van der Waals surface area contributed by atoms with Gasteiger partial charge in [0, 0.05) is 17.6 Å². The number of halogens is 1. The summed E-state index contributed by atoms with van der Waals surface area (Å²) in [6.07, 6.45) is 1.73. The van der Waals surface area contributed by atoms with Crippen molar-refractivity contribution in [1.82, 2.24) is 20.0 Å². The summed E-state index contributed by atoms with van der Waals surface area (Å²) in [6, 6.07) is 13.3. The zero-order chi connectivity index (χ0) is 17.8. The van der Waals surface area contributed by atoms with Crippen LogP contribution in [0.2, 0.25) is 5.02 Å². The quantitative estimate of drug-likeness (QED) is 0.717. The van der Waals surface area contributed by atoms with Crippen molar-refractivity contribution in [3.63, 3.8) is 0 Å². The van der Waals surface area contributed by atoms with E-state index in [-0.39, 0.29) is 11.9 Å². The number of carbonyl (C=O) groups excluding carboxylic acids is 1. The highest BCUT2D eigenvalue weighted by Gasteiger charge is 2.18. The predicted octanol–water partition coefficient (Wildman–Crippen LogP) is 3.62. The number of amides is 1. The molecule has 3 aromatic rings. The van der Waals surface area contributed by atoms with Gasteiger partial charge in [-0.25, -0.2) is 4.68 Å². The fourth-order valence-electron chi connectivity index (χ4n) is 2.52. The van der Waals surface area contributed by atoms with E-state index in [1.165, 1.54) is 4.88 Å². The van der Waals surface area contributed by atoms with Crippen LogP contribution in [0.15, 0.2) is 54.0 Å². The molecule has 0 radical (unpaired) electrons. The molecule has 0 saturated heterocycles. The largest absolute Gasteiger partial charge is 0.349 e. The third-order valence-electron chi connectivity index (χ3n) is 3.87. The number of hydrogen-bond donors (Lipinski definition) is 1. The maximum atomic E-state index is 12.4. The van der Waals surface area contributed by atoms with Crippen molar-refractivity contribution in [2.75, 3.05) is 20.6 Å². The van der Waals surface area contributed by atoms with Crippen LogP contribution in [0.4, 0.5) is 0 Å². The van der Waals surface area contributed by atoms with E-state index in [4.69, 9.17) is 11.6 Å². The van der Waals surface area contributed by atoms with Crippen molar-refractivity contribution in [2.24, 2.45) is 0 Å². The van der Waals surface area contributed by atoms with Gasteiger partial charge in [-0.3, -0.25) is 4.79 Å². The summed E-state index contributed by atoms with van der Waals surface area (Å²) in [6.45, 7) is 0.519. The SMILES string of the molecule is CN(C)C(CNC(=O)c1ccn(-c2ccccc2Cl)n1)c1cccs1. The smallest absolute Gasteiger partial charge is 0.271 e. The van der Waals surface area contributed by atoms with E-state index in [0.717, 1.165) is 5.69 Å². The lowest BCUT2D eigenvalue weighted by molar-refractivity contribution is 0.0937. The zero-order valence-electron chi connectivity index (χ0n) is 14.0. The average molecular weight is 375 g/mol. The highest BCUT2D eigenvalue weighted by Crippen LogP contribution is 2.22. The second-order valence-electron chi connectivity index (χ2n) is 5.80. The fraction of sp³-hybridized carbons (Fsp3) is 0.222. The Bertz CT molecular complexity index is 844. The molecule has 1 atom stereocenters. The number of aromatic nitrogens is 2. The summed E-state index contributed by atoms with van der Waals surface area (Å²) >= 11 is 7.86. The third kappa shape index (κ3) is 4.10. The lowest BCUT2D eigenvalue weighted by Crippen LogP contribution is -2.34. The Hall–Kier alpha value is -2.15. The van der Waals surface area contributed by atoms with Crippen LogP contribution in [0.1, 0.15) is 21.4 Å². The first kappa shape index (κ1) is 17.7. The molecule has 3 rings (SSSR count). The van der Waals surface area contributed by atoms with E-state index in [2.05, 4.69) is 21.4 Å². The van der Waals surface area contributed by atoms with Crippen molar-refractivity contribution in [3.8, 4) is 5.69 Å². The molecule has 7 heteroatoms. The van der Waals surface area contributed by atoms with Gasteiger partial charge >= 0.3 is 0 Å². The summed E-state index contributed by atoms with van der Waals surface area (Å²) in [5.41, 5.74) is 1.11. The predicted molar refractivity (Wildman–Crippen MR) is 102 cm³/mol. The molecular weight excluding hydrogens is 356 g/mol.